The predicted octanol–water partition coefficient (Wildman–Crippen LogP) is 5.23. The second-order valence-corrected chi connectivity index (χ2v) is 4.76. The highest BCUT2D eigenvalue weighted by atomic mass is 14.1. The van der Waals surface area contributed by atoms with Gasteiger partial charge in [0.05, 0.1) is 0 Å². The Balaban J connectivity index is 3.22. The van der Waals surface area contributed by atoms with Crippen LogP contribution in [0, 0.1) is 18.3 Å². The van der Waals surface area contributed by atoms with Gasteiger partial charge in [-0.15, -0.1) is 0 Å². The van der Waals surface area contributed by atoms with Crippen LogP contribution in [0.15, 0.2) is 0 Å². The molecule has 85 valence electrons. The fourth-order valence-electron chi connectivity index (χ4n) is 1.86. The summed E-state index contributed by atoms with van der Waals surface area (Å²) < 4.78 is 0. The van der Waals surface area contributed by atoms with Gasteiger partial charge in [-0.2, -0.15) is 0 Å². The van der Waals surface area contributed by atoms with Crippen molar-refractivity contribution in [3.05, 3.63) is 6.42 Å². The zero-order chi connectivity index (χ0) is 10.8. The minimum atomic E-state index is 0.806. The van der Waals surface area contributed by atoms with E-state index in [1.165, 1.54) is 44.9 Å². The molecule has 2 unspecified atom stereocenters. The maximum atomic E-state index is 2.53. The van der Waals surface area contributed by atoms with E-state index in [4.69, 9.17) is 0 Å². The van der Waals surface area contributed by atoms with Gasteiger partial charge in [-0.05, 0) is 18.3 Å². The average Bonchev–Trinajstić information content (AvgIpc) is 2.17. The highest BCUT2D eigenvalue weighted by molar-refractivity contribution is 4.77. The lowest BCUT2D eigenvalue weighted by atomic mass is 9.91. The van der Waals surface area contributed by atoms with E-state index in [1.54, 1.807) is 0 Å². The van der Waals surface area contributed by atoms with E-state index in [2.05, 4.69) is 34.1 Å². The summed E-state index contributed by atoms with van der Waals surface area (Å²) in [4.78, 5) is 0. The van der Waals surface area contributed by atoms with Gasteiger partial charge in [0.15, 0.2) is 0 Å². The van der Waals surface area contributed by atoms with Crippen molar-refractivity contribution in [1.29, 1.82) is 0 Å². The Morgan fingerprint density at radius 1 is 0.857 bits per heavy atom. The molecular weight excluding hydrogens is 168 g/mol. The predicted molar refractivity (Wildman–Crippen MR) is 66.3 cm³/mol. The Bertz CT molecular complexity index is 107. The van der Waals surface area contributed by atoms with Gasteiger partial charge >= 0.3 is 0 Å². The first-order valence-corrected chi connectivity index (χ1v) is 6.55. The summed E-state index contributed by atoms with van der Waals surface area (Å²) in [6.07, 6.45) is 12.3. The van der Waals surface area contributed by atoms with Crippen molar-refractivity contribution < 1.29 is 0 Å². The summed E-state index contributed by atoms with van der Waals surface area (Å²) in [5.74, 6) is 1.63. The van der Waals surface area contributed by atoms with Crippen LogP contribution >= 0.6 is 0 Å². The molecule has 14 heavy (non-hydrogen) atoms. The van der Waals surface area contributed by atoms with Crippen LogP contribution in [0.2, 0.25) is 0 Å². The fourth-order valence-corrected chi connectivity index (χ4v) is 1.86. The third-order valence-electron chi connectivity index (χ3n) is 3.06. The standard InChI is InChI=1S/C14H29/c1-5-7-8-9-10-11-14(4)12-13(3)6-2/h12-14H,5-11H2,1-4H3. The second-order valence-electron chi connectivity index (χ2n) is 4.76. The molecule has 0 aromatic heterocycles. The number of hydrogen-bond acceptors (Lipinski definition) is 0. The molecule has 0 N–H and O–H groups in total. The molecule has 2 atom stereocenters. The Hall–Kier alpha value is 0. The van der Waals surface area contributed by atoms with Crippen LogP contribution in [0.25, 0.3) is 0 Å². The quantitative estimate of drug-likeness (QED) is 0.444. The van der Waals surface area contributed by atoms with E-state index < -0.39 is 0 Å². The number of unbranched alkanes of at least 4 members (excludes halogenated alkanes) is 4. The van der Waals surface area contributed by atoms with E-state index in [0.717, 1.165) is 11.8 Å². The van der Waals surface area contributed by atoms with Crippen LogP contribution in [0.4, 0.5) is 0 Å². The van der Waals surface area contributed by atoms with Gasteiger partial charge in [0.2, 0.25) is 0 Å². The average molecular weight is 197 g/mol. The maximum absolute atomic E-state index is 2.53. The van der Waals surface area contributed by atoms with Crippen LogP contribution < -0.4 is 0 Å². The van der Waals surface area contributed by atoms with Gasteiger partial charge in [0.25, 0.3) is 0 Å². The molecule has 0 amide bonds. The van der Waals surface area contributed by atoms with Crippen molar-refractivity contribution in [2.75, 3.05) is 0 Å². The van der Waals surface area contributed by atoms with Gasteiger partial charge in [0, 0.05) is 0 Å². The summed E-state index contributed by atoms with van der Waals surface area (Å²) in [5.41, 5.74) is 0. The van der Waals surface area contributed by atoms with E-state index in [-0.39, 0.29) is 0 Å². The highest BCUT2D eigenvalue weighted by Crippen LogP contribution is 2.19. The van der Waals surface area contributed by atoms with Crippen molar-refractivity contribution in [1.82, 2.24) is 0 Å². The monoisotopic (exact) mass is 197 g/mol. The molecule has 0 rings (SSSR count). The van der Waals surface area contributed by atoms with Crippen molar-refractivity contribution in [3.8, 4) is 0 Å². The van der Waals surface area contributed by atoms with Gasteiger partial charge in [-0.3, -0.25) is 0 Å². The molecule has 0 bridgehead atoms. The first-order valence-electron chi connectivity index (χ1n) is 6.55. The van der Waals surface area contributed by atoms with Gasteiger partial charge in [-0.25, -0.2) is 0 Å². The summed E-state index contributed by atoms with van der Waals surface area (Å²) in [6.45, 7) is 9.24. The zero-order valence-electron chi connectivity index (χ0n) is 10.7. The maximum Gasteiger partial charge on any atom is -0.0329 e. The molecule has 0 heterocycles. The molecule has 0 fully saturated rings. The fraction of sp³-hybridized carbons (Fsp3) is 0.929. The summed E-state index contributed by atoms with van der Waals surface area (Å²) in [5, 5.41) is 0. The Morgan fingerprint density at radius 3 is 2.07 bits per heavy atom. The molecule has 0 aliphatic rings. The first kappa shape index (κ1) is 14.0. The van der Waals surface area contributed by atoms with Crippen LogP contribution in [0.3, 0.4) is 0 Å². The molecule has 0 saturated heterocycles. The number of hydrogen-bond donors (Lipinski definition) is 0. The van der Waals surface area contributed by atoms with E-state index >= 15 is 0 Å². The lowest BCUT2D eigenvalue weighted by Crippen LogP contribution is -2.03. The summed E-state index contributed by atoms with van der Waals surface area (Å²) in [6, 6.07) is 0. The smallest absolute Gasteiger partial charge is 0.0329 e. The molecule has 0 aromatic rings. The highest BCUT2D eigenvalue weighted by Gasteiger charge is 2.06. The van der Waals surface area contributed by atoms with E-state index in [9.17, 15) is 0 Å². The molecular formula is C14H29. The minimum absolute atomic E-state index is 0.806. The molecule has 0 heteroatoms. The Morgan fingerprint density at radius 2 is 1.50 bits per heavy atom. The van der Waals surface area contributed by atoms with E-state index in [1.807, 2.05) is 0 Å². The molecule has 1 radical (unpaired) electrons. The molecule has 0 aliphatic heterocycles. The lowest BCUT2D eigenvalue weighted by Gasteiger charge is -2.15. The SMILES string of the molecule is CCCCCCCC(C)[CH]C(C)CC. The van der Waals surface area contributed by atoms with Crippen LogP contribution in [0.1, 0.15) is 72.6 Å². The minimum Gasteiger partial charge on any atom is -0.0654 e. The van der Waals surface area contributed by atoms with Crippen molar-refractivity contribution in [3.63, 3.8) is 0 Å². The van der Waals surface area contributed by atoms with Crippen molar-refractivity contribution >= 4 is 0 Å². The van der Waals surface area contributed by atoms with Gasteiger partial charge in [-0.1, -0.05) is 72.6 Å². The van der Waals surface area contributed by atoms with Gasteiger partial charge < -0.3 is 0 Å². The largest absolute Gasteiger partial charge is 0.0654 e. The number of rotatable bonds is 9. The zero-order valence-corrected chi connectivity index (χ0v) is 10.7. The first-order chi connectivity index (χ1) is 6.70. The third kappa shape index (κ3) is 8.59. The topological polar surface area (TPSA) is 0 Å². The second kappa shape index (κ2) is 9.55. The molecule has 0 saturated carbocycles. The molecule has 0 aliphatic carbocycles. The summed E-state index contributed by atoms with van der Waals surface area (Å²) in [7, 11) is 0. The Kier molecular flexibility index (Phi) is 9.55. The van der Waals surface area contributed by atoms with E-state index in [0.29, 0.717) is 0 Å². The normalized spacial score (nSPS) is 15.4. The van der Waals surface area contributed by atoms with Crippen LogP contribution in [-0.2, 0) is 0 Å². The molecule has 0 spiro atoms. The van der Waals surface area contributed by atoms with Crippen molar-refractivity contribution in [2.45, 2.75) is 72.6 Å². The third-order valence-corrected chi connectivity index (χ3v) is 3.06. The lowest BCUT2D eigenvalue weighted by molar-refractivity contribution is 0.475. The van der Waals surface area contributed by atoms with Gasteiger partial charge in [0.1, 0.15) is 0 Å². The van der Waals surface area contributed by atoms with Crippen LogP contribution in [-0.4, -0.2) is 0 Å². The molecule has 0 aromatic carbocycles. The Labute approximate surface area is 91.5 Å². The van der Waals surface area contributed by atoms with Crippen LogP contribution in [0.5, 0.6) is 0 Å². The summed E-state index contributed by atoms with van der Waals surface area (Å²) >= 11 is 0. The molecule has 0 nitrogen and oxygen atoms in total. The van der Waals surface area contributed by atoms with Crippen molar-refractivity contribution in [2.24, 2.45) is 11.8 Å².